The molecule has 2 heterocycles. The molecule has 2 fully saturated rings. The van der Waals surface area contributed by atoms with Gasteiger partial charge < -0.3 is 5.73 Å². The number of likely N-dealkylation sites (tertiary alicyclic amines) is 1. The highest BCUT2D eigenvalue weighted by atomic mass is 16.2. The van der Waals surface area contributed by atoms with Gasteiger partial charge in [-0.05, 0) is 12.8 Å². The van der Waals surface area contributed by atoms with Crippen LogP contribution in [0.1, 0.15) is 48.9 Å². The van der Waals surface area contributed by atoms with Crippen LogP contribution >= 0.6 is 0 Å². The molecule has 2 amide bonds. The molecule has 0 bridgehead atoms. The molecule has 1 aromatic rings. The second kappa shape index (κ2) is 6.22. The van der Waals surface area contributed by atoms with Gasteiger partial charge >= 0.3 is 5.69 Å². The standard InChI is InChI=1S/C17H22N4O5/c1-19-13(18)12(14(24)20(2)16(19)26)10(22)9-21-11(23)8-17(15(21)25)6-4-3-5-7-17/h3-9,18H2,1-2H3. The minimum Gasteiger partial charge on any atom is -0.384 e. The maximum atomic E-state index is 12.8. The zero-order valence-corrected chi connectivity index (χ0v) is 14.9. The Balaban J connectivity index is 1.92. The van der Waals surface area contributed by atoms with Gasteiger partial charge in [-0.3, -0.25) is 33.2 Å². The van der Waals surface area contributed by atoms with Gasteiger partial charge in [-0.25, -0.2) is 4.79 Å². The summed E-state index contributed by atoms with van der Waals surface area (Å²) in [6.45, 7) is -0.531. The van der Waals surface area contributed by atoms with Gasteiger partial charge in [0.2, 0.25) is 11.8 Å². The number of rotatable bonds is 3. The minimum absolute atomic E-state index is 0.111. The molecule has 1 saturated heterocycles. The highest BCUT2D eigenvalue weighted by molar-refractivity contribution is 6.11. The Morgan fingerprint density at radius 1 is 1.04 bits per heavy atom. The topological polar surface area (TPSA) is 124 Å². The van der Waals surface area contributed by atoms with Crippen molar-refractivity contribution in [1.29, 1.82) is 0 Å². The van der Waals surface area contributed by atoms with Crippen LogP contribution in [0.5, 0.6) is 0 Å². The number of aromatic nitrogens is 2. The number of nitrogen functional groups attached to an aromatic ring is 1. The smallest absolute Gasteiger partial charge is 0.332 e. The third-order valence-corrected chi connectivity index (χ3v) is 5.59. The van der Waals surface area contributed by atoms with Gasteiger partial charge in [0.05, 0.1) is 12.0 Å². The van der Waals surface area contributed by atoms with Gasteiger partial charge in [-0.15, -0.1) is 0 Å². The normalized spacial score (nSPS) is 19.4. The number of Topliss-reactive ketones (excluding diaryl/α,β-unsaturated/α-hetero) is 1. The first-order valence-electron chi connectivity index (χ1n) is 8.63. The Bertz CT molecular complexity index is 920. The molecule has 1 saturated carbocycles. The Hall–Kier alpha value is -2.71. The molecule has 26 heavy (non-hydrogen) atoms. The molecular formula is C17H22N4O5. The van der Waals surface area contributed by atoms with E-state index in [0.29, 0.717) is 12.8 Å². The first-order chi connectivity index (χ1) is 12.2. The van der Waals surface area contributed by atoms with Crippen molar-refractivity contribution < 1.29 is 14.4 Å². The second-order valence-corrected chi connectivity index (χ2v) is 7.19. The Labute approximate surface area is 149 Å². The molecule has 2 N–H and O–H groups in total. The number of carbonyl (C=O) groups excluding carboxylic acids is 3. The highest BCUT2D eigenvalue weighted by Gasteiger charge is 2.51. The van der Waals surface area contributed by atoms with Crippen molar-refractivity contribution in [2.24, 2.45) is 19.5 Å². The Kier molecular flexibility index (Phi) is 4.33. The molecule has 9 nitrogen and oxygen atoms in total. The molecule has 0 unspecified atom stereocenters. The molecule has 1 aliphatic heterocycles. The van der Waals surface area contributed by atoms with Crippen molar-refractivity contribution in [2.45, 2.75) is 38.5 Å². The van der Waals surface area contributed by atoms with Crippen LogP contribution in [0.4, 0.5) is 5.82 Å². The number of nitrogens with two attached hydrogens (primary N) is 1. The zero-order chi connectivity index (χ0) is 19.2. The van der Waals surface area contributed by atoms with E-state index in [1.807, 2.05) is 0 Å². The number of nitrogens with zero attached hydrogens (tertiary/aromatic N) is 3. The van der Waals surface area contributed by atoms with Crippen molar-refractivity contribution in [2.75, 3.05) is 12.3 Å². The summed E-state index contributed by atoms with van der Waals surface area (Å²) in [5, 5.41) is 0. The molecule has 0 atom stereocenters. The van der Waals surface area contributed by atoms with Crippen molar-refractivity contribution in [1.82, 2.24) is 14.0 Å². The largest absolute Gasteiger partial charge is 0.384 e. The maximum absolute atomic E-state index is 12.8. The SMILES string of the molecule is Cn1c(N)c(C(=O)CN2C(=O)CC3(CCCCC3)C2=O)c(=O)n(C)c1=O. The molecule has 1 aliphatic carbocycles. The van der Waals surface area contributed by atoms with Gasteiger partial charge in [0, 0.05) is 20.5 Å². The summed E-state index contributed by atoms with van der Waals surface area (Å²) in [7, 11) is 2.58. The molecule has 0 radical (unpaired) electrons. The van der Waals surface area contributed by atoms with Gasteiger partial charge in [0.25, 0.3) is 5.56 Å². The third kappa shape index (κ3) is 2.58. The summed E-state index contributed by atoms with van der Waals surface area (Å²) in [6, 6.07) is 0. The lowest BCUT2D eigenvalue weighted by Gasteiger charge is -2.30. The first kappa shape index (κ1) is 18.1. The van der Waals surface area contributed by atoms with E-state index in [9.17, 15) is 24.0 Å². The molecule has 2 aliphatic rings. The van der Waals surface area contributed by atoms with Crippen molar-refractivity contribution in [3.05, 3.63) is 26.4 Å². The van der Waals surface area contributed by atoms with E-state index in [1.54, 1.807) is 0 Å². The number of amides is 2. The fourth-order valence-electron chi connectivity index (χ4n) is 3.98. The molecule has 9 heteroatoms. The van der Waals surface area contributed by atoms with Crippen LogP contribution in [-0.2, 0) is 23.7 Å². The molecule has 3 rings (SSSR count). The van der Waals surface area contributed by atoms with E-state index in [0.717, 1.165) is 33.3 Å². The number of hydrogen-bond acceptors (Lipinski definition) is 6. The second-order valence-electron chi connectivity index (χ2n) is 7.19. The highest BCUT2D eigenvalue weighted by Crippen LogP contribution is 2.45. The number of imide groups is 1. The van der Waals surface area contributed by atoms with Gasteiger partial charge in [-0.1, -0.05) is 19.3 Å². The number of anilines is 1. The predicted molar refractivity (Wildman–Crippen MR) is 92.5 cm³/mol. The van der Waals surface area contributed by atoms with Gasteiger partial charge in [-0.2, -0.15) is 0 Å². The van der Waals surface area contributed by atoms with Crippen LogP contribution in [0.15, 0.2) is 9.59 Å². The van der Waals surface area contributed by atoms with Crippen LogP contribution in [-0.4, -0.2) is 38.2 Å². The molecule has 1 spiro atoms. The predicted octanol–water partition coefficient (Wildman–Crippen LogP) is -0.442. The van der Waals surface area contributed by atoms with Crippen molar-refractivity contribution in [3.8, 4) is 0 Å². The van der Waals surface area contributed by atoms with Crippen LogP contribution in [0.25, 0.3) is 0 Å². The van der Waals surface area contributed by atoms with E-state index in [4.69, 9.17) is 5.73 Å². The zero-order valence-electron chi connectivity index (χ0n) is 14.9. The van der Waals surface area contributed by atoms with Crippen LogP contribution in [0.3, 0.4) is 0 Å². The minimum atomic E-state index is -0.831. The fraction of sp³-hybridized carbons (Fsp3) is 0.588. The lowest BCUT2D eigenvalue weighted by Crippen LogP contribution is -2.45. The lowest BCUT2D eigenvalue weighted by molar-refractivity contribution is -0.141. The van der Waals surface area contributed by atoms with E-state index < -0.39 is 34.9 Å². The summed E-state index contributed by atoms with van der Waals surface area (Å²) in [5.74, 6) is -1.75. The Morgan fingerprint density at radius 3 is 2.27 bits per heavy atom. The lowest BCUT2D eigenvalue weighted by atomic mass is 9.73. The third-order valence-electron chi connectivity index (χ3n) is 5.59. The summed E-state index contributed by atoms with van der Waals surface area (Å²) >= 11 is 0. The molecular weight excluding hydrogens is 340 g/mol. The molecule has 140 valence electrons. The maximum Gasteiger partial charge on any atom is 0.332 e. The number of ketones is 1. The van der Waals surface area contributed by atoms with Crippen LogP contribution < -0.4 is 17.0 Å². The van der Waals surface area contributed by atoms with E-state index in [-0.39, 0.29) is 23.7 Å². The van der Waals surface area contributed by atoms with Crippen molar-refractivity contribution >= 4 is 23.4 Å². The summed E-state index contributed by atoms with van der Waals surface area (Å²) < 4.78 is 1.77. The number of carbonyl (C=O) groups is 3. The van der Waals surface area contributed by atoms with Crippen LogP contribution in [0.2, 0.25) is 0 Å². The number of hydrogen-bond donors (Lipinski definition) is 1. The molecule has 1 aromatic heterocycles. The van der Waals surface area contributed by atoms with Crippen LogP contribution in [0, 0.1) is 5.41 Å². The van der Waals surface area contributed by atoms with E-state index in [2.05, 4.69) is 0 Å². The first-order valence-corrected chi connectivity index (χ1v) is 8.63. The van der Waals surface area contributed by atoms with Gasteiger partial charge in [0.1, 0.15) is 11.4 Å². The monoisotopic (exact) mass is 362 g/mol. The van der Waals surface area contributed by atoms with E-state index >= 15 is 0 Å². The summed E-state index contributed by atoms with van der Waals surface area (Å²) in [5.41, 5.74) is 3.21. The molecule has 0 aromatic carbocycles. The quantitative estimate of drug-likeness (QED) is 0.574. The van der Waals surface area contributed by atoms with Gasteiger partial charge in [0.15, 0.2) is 5.78 Å². The average molecular weight is 362 g/mol. The Morgan fingerprint density at radius 2 is 1.65 bits per heavy atom. The summed E-state index contributed by atoms with van der Waals surface area (Å²) in [4.78, 5) is 62.9. The van der Waals surface area contributed by atoms with Crippen molar-refractivity contribution in [3.63, 3.8) is 0 Å². The fourth-order valence-corrected chi connectivity index (χ4v) is 3.98. The summed E-state index contributed by atoms with van der Waals surface area (Å²) in [6.07, 6.45) is 4.20. The average Bonchev–Trinajstić information content (AvgIpc) is 2.83. The van der Waals surface area contributed by atoms with E-state index in [1.165, 1.54) is 14.1 Å².